The number of hydrogen-bond donors (Lipinski definition) is 0. The van der Waals surface area contributed by atoms with Gasteiger partial charge in [0.15, 0.2) is 10.8 Å². The van der Waals surface area contributed by atoms with E-state index in [9.17, 15) is 0 Å². The first-order valence-electron chi connectivity index (χ1n) is 5.25. The monoisotopic (exact) mass is 236 g/mol. The Kier molecular flexibility index (Phi) is 1.79. The van der Waals surface area contributed by atoms with Crippen molar-refractivity contribution in [2.24, 2.45) is 0 Å². The molecule has 0 unspecified atom stereocenters. The van der Waals surface area contributed by atoms with E-state index in [0.29, 0.717) is 5.15 Å². The number of nitrogens with zero attached hydrogens (tertiary/aromatic N) is 4. The van der Waals surface area contributed by atoms with Crippen molar-refractivity contribution in [3.05, 3.63) is 23.1 Å². The van der Waals surface area contributed by atoms with Gasteiger partial charge in [-0.15, -0.1) is 0 Å². The van der Waals surface area contributed by atoms with E-state index in [1.165, 1.54) is 5.69 Å². The SMILES string of the molecule is CN1CC(C)(C)c2c1cnc1cc(Cl)nn21. The first-order chi connectivity index (χ1) is 7.49. The van der Waals surface area contributed by atoms with E-state index < -0.39 is 0 Å². The molecule has 0 bridgehead atoms. The molecule has 5 heteroatoms. The summed E-state index contributed by atoms with van der Waals surface area (Å²) in [6.45, 7) is 5.40. The van der Waals surface area contributed by atoms with Crippen molar-refractivity contribution in [1.29, 1.82) is 0 Å². The molecule has 0 N–H and O–H groups in total. The Bertz CT molecular complexity index is 573. The van der Waals surface area contributed by atoms with E-state index in [1.54, 1.807) is 6.07 Å². The van der Waals surface area contributed by atoms with Gasteiger partial charge in [0.2, 0.25) is 0 Å². The van der Waals surface area contributed by atoms with E-state index in [4.69, 9.17) is 11.6 Å². The molecule has 3 rings (SSSR count). The van der Waals surface area contributed by atoms with Crippen LogP contribution in [0, 0.1) is 0 Å². The van der Waals surface area contributed by atoms with E-state index in [2.05, 4.69) is 35.9 Å². The molecule has 2 aromatic rings. The van der Waals surface area contributed by atoms with Gasteiger partial charge in [-0.3, -0.25) is 0 Å². The molecule has 0 fully saturated rings. The molecule has 0 aliphatic carbocycles. The molecule has 0 saturated carbocycles. The molecule has 84 valence electrons. The van der Waals surface area contributed by atoms with Crippen LogP contribution in [0.3, 0.4) is 0 Å². The van der Waals surface area contributed by atoms with E-state index in [0.717, 1.165) is 17.9 Å². The van der Waals surface area contributed by atoms with Crippen LogP contribution in [-0.2, 0) is 5.41 Å². The fraction of sp³-hybridized carbons (Fsp3) is 0.455. The Labute approximate surface area is 98.8 Å². The van der Waals surface area contributed by atoms with Gasteiger partial charge in [-0.25, -0.2) is 9.50 Å². The van der Waals surface area contributed by atoms with Crippen LogP contribution in [0.15, 0.2) is 12.3 Å². The lowest BCUT2D eigenvalue weighted by molar-refractivity contribution is 0.533. The fourth-order valence-electron chi connectivity index (χ4n) is 2.56. The molecule has 0 aromatic carbocycles. The zero-order valence-electron chi connectivity index (χ0n) is 9.53. The van der Waals surface area contributed by atoms with Gasteiger partial charge in [-0.1, -0.05) is 25.4 Å². The van der Waals surface area contributed by atoms with Crippen LogP contribution < -0.4 is 4.90 Å². The summed E-state index contributed by atoms with van der Waals surface area (Å²) in [4.78, 5) is 6.57. The average molecular weight is 237 g/mol. The summed E-state index contributed by atoms with van der Waals surface area (Å²) in [5.74, 6) is 0. The smallest absolute Gasteiger partial charge is 0.156 e. The second-order valence-electron chi connectivity index (χ2n) is 4.97. The zero-order valence-corrected chi connectivity index (χ0v) is 10.3. The third-order valence-electron chi connectivity index (χ3n) is 3.12. The third-order valence-corrected chi connectivity index (χ3v) is 3.30. The molecule has 1 aliphatic rings. The minimum atomic E-state index is 0.0701. The number of anilines is 1. The Hall–Kier alpha value is -1.29. The highest BCUT2D eigenvalue weighted by Gasteiger charge is 2.36. The van der Waals surface area contributed by atoms with Gasteiger partial charge in [0.25, 0.3) is 0 Å². The second-order valence-corrected chi connectivity index (χ2v) is 5.36. The molecule has 1 aliphatic heterocycles. The van der Waals surface area contributed by atoms with Crippen LogP contribution >= 0.6 is 11.6 Å². The Morgan fingerprint density at radius 3 is 2.94 bits per heavy atom. The van der Waals surface area contributed by atoms with E-state index in [-0.39, 0.29) is 5.41 Å². The molecular formula is C11H13ClN4. The lowest BCUT2D eigenvalue weighted by atomic mass is 9.91. The summed E-state index contributed by atoms with van der Waals surface area (Å²) in [5.41, 5.74) is 3.21. The molecule has 2 aromatic heterocycles. The lowest BCUT2D eigenvalue weighted by Crippen LogP contribution is -2.26. The Morgan fingerprint density at radius 1 is 1.44 bits per heavy atom. The van der Waals surface area contributed by atoms with Crippen LogP contribution in [0.5, 0.6) is 0 Å². The van der Waals surface area contributed by atoms with Crippen molar-refractivity contribution < 1.29 is 0 Å². The number of hydrogen-bond acceptors (Lipinski definition) is 3. The molecule has 0 spiro atoms. The van der Waals surface area contributed by atoms with E-state index >= 15 is 0 Å². The number of aromatic nitrogens is 3. The number of halogens is 1. The Morgan fingerprint density at radius 2 is 2.19 bits per heavy atom. The van der Waals surface area contributed by atoms with Gasteiger partial charge in [0.1, 0.15) is 0 Å². The largest absolute Gasteiger partial charge is 0.371 e. The van der Waals surface area contributed by atoms with Crippen LogP contribution in [0.2, 0.25) is 5.15 Å². The van der Waals surface area contributed by atoms with Crippen LogP contribution in [0.1, 0.15) is 19.5 Å². The van der Waals surface area contributed by atoms with Gasteiger partial charge in [0.05, 0.1) is 17.6 Å². The van der Waals surface area contributed by atoms with Crippen molar-refractivity contribution >= 4 is 22.9 Å². The highest BCUT2D eigenvalue weighted by Crippen LogP contribution is 2.39. The summed E-state index contributed by atoms with van der Waals surface area (Å²) >= 11 is 5.93. The third kappa shape index (κ3) is 1.16. The summed E-state index contributed by atoms with van der Waals surface area (Å²) in [5, 5.41) is 4.80. The quantitative estimate of drug-likeness (QED) is 0.703. The normalized spacial score (nSPS) is 18.1. The van der Waals surface area contributed by atoms with Crippen LogP contribution in [0.4, 0.5) is 5.69 Å². The van der Waals surface area contributed by atoms with Gasteiger partial charge >= 0.3 is 0 Å². The predicted octanol–water partition coefficient (Wildman–Crippen LogP) is 2.11. The number of fused-ring (bicyclic) bond motifs is 3. The fourth-order valence-corrected chi connectivity index (χ4v) is 2.74. The first kappa shape index (κ1) is 9.90. The van der Waals surface area contributed by atoms with Crippen molar-refractivity contribution in [2.45, 2.75) is 19.3 Å². The molecule has 4 nitrogen and oxygen atoms in total. The maximum absolute atomic E-state index is 5.93. The molecule has 0 atom stereocenters. The molecule has 0 saturated heterocycles. The molecule has 16 heavy (non-hydrogen) atoms. The minimum Gasteiger partial charge on any atom is -0.371 e. The second kappa shape index (κ2) is 2.88. The Balaban J connectivity index is 2.41. The predicted molar refractivity (Wildman–Crippen MR) is 64.3 cm³/mol. The number of likely N-dealkylation sites (N-methyl/N-ethyl adjacent to an activating group) is 1. The lowest BCUT2D eigenvalue weighted by Gasteiger charge is -2.18. The molecule has 0 radical (unpaired) electrons. The summed E-state index contributed by atoms with van der Waals surface area (Å²) in [6, 6.07) is 1.79. The topological polar surface area (TPSA) is 33.4 Å². The van der Waals surface area contributed by atoms with Crippen molar-refractivity contribution in [1.82, 2.24) is 14.6 Å². The number of rotatable bonds is 0. The highest BCUT2D eigenvalue weighted by atomic mass is 35.5. The summed E-state index contributed by atoms with van der Waals surface area (Å²) in [7, 11) is 2.08. The van der Waals surface area contributed by atoms with Gasteiger partial charge < -0.3 is 4.90 Å². The molecular weight excluding hydrogens is 224 g/mol. The van der Waals surface area contributed by atoms with Crippen molar-refractivity contribution in [3.8, 4) is 0 Å². The molecule has 3 heterocycles. The minimum absolute atomic E-state index is 0.0701. The summed E-state index contributed by atoms with van der Waals surface area (Å²) in [6.07, 6.45) is 1.90. The zero-order chi connectivity index (χ0) is 11.5. The standard InChI is InChI=1S/C11H13ClN4/c1-11(2)6-15(3)7-5-13-9-4-8(12)14-16(9)10(7)11/h4-5H,6H2,1-3H3. The van der Waals surface area contributed by atoms with Crippen LogP contribution in [0.25, 0.3) is 5.65 Å². The van der Waals surface area contributed by atoms with Gasteiger partial charge in [-0.05, 0) is 0 Å². The summed E-state index contributed by atoms with van der Waals surface area (Å²) < 4.78 is 1.86. The van der Waals surface area contributed by atoms with Gasteiger partial charge in [-0.2, -0.15) is 5.10 Å². The maximum Gasteiger partial charge on any atom is 0.156 e. The first-order valence-corrected chi connectivity index (χ1v) is 5.63. The maximum atomic E-state index is 5.93. The average Bonchev–Trinajstić information content (AvgIpc) is 2.63. The van der Waals surface area contributed by atoms with Gasteiger partial charge in [0, 0.05) is 25.1 Å². The highest BCUT2D eigenvalue weighted by molar-refractivity contribution is 6.29. The van der Waals surface area contributed by atoms with E-state index in [1.807, 2.05) is 10.7 Å². The van der Waals surface area contributed by atoms with Crippen molar-refractivity contribution in [2.75, 3.05) is 18.5 Å². The van der Waals surface area contributed by atoms with Crippen molar-refractivity contribution in [3.63, 3.8) is 0 Å². The molecule has 0 amide bonds. The van der Waals surface area contributed by atoms with Crippen LogP contribution in [-0.4, -0.2) is 28.2 Å².